The van der Waals surface area contributed by atoms with E-state index in [1.54, 1.807) is 11.0 Å². The molecule has 1 amide bonds. The molecule has 0 bridgehead atoms. The number of hydrogen-bond donors (Lipinski definition) is 1. The van der Waals surface area contributed by atoms with E-state index in [4.69, 9.17) is 39.5 Å². The van der Waals surface area contributed by atoms with E-state index in [0.717, 1.165) is 29.7 Å². The first-order chi connectivity index (χ1) is 20.2. The lowest BCUT2D eigenvalue weighted by molar-refractivity contribution is 0.0897. The molecule has 1 N–H and O–H groups in total. The van der Waals surface area contributed by atoms with Crippen molar-refractivity contribution in [3.63, 3.8) is 0 Å². The number of nitrogens with zero attached hydrogens (tertiary/aromatic N) is 2. The number of ether oxygens (including phenoxy) is 1. The second-order valence-electron chi connectivity index (χ2n) is 10.9. The van der Waals surface area contributed by atoms with Gasteiger partial charge in [-0.25, -0.2) is 17.9 Å². The summed E-state index contributed by atoms with van der Waals surface area (Å²) in [5.74, 6) is 0.103. The summed E-state index contributed by atoms with van der Waals surface area (Å²) in [5, 5.41) is 1.30. The van der Waals surface area contributed by atoms with Gasteiger partial charge in [0.05, 0.1) is 11.3 Å². The lowest BCUT2D eigenvalue weighted by Gasteiger charge is -2.42. The SMILES string of the molecule is O=C(OCc1ccccc1)N1CCC(S(=O)(=O)NC[C@@H]2CCC(c3ccc(Cl)cc3Cl)N(c3ccc(Cl)cc3)C2)CC1. The summed E-state index contributed by atoms with van der Waals surface area (Å²) < 4.78 is 34.8. The summed E-state index contributed by atoms with van der Waals surface area (Å²) in [5.41, 5.74) is 2.89. The fraction of sp³-hybridized carbons (Fsp3) is 0.387. The zero-order valence-corrected chi connectivity index (χ0v) is 26.2. The smallest absolute Gasteiger partial charge is 0.410 e. The molecule has 3 aromatic rings. The number of hydrogen-bond acceptors (Lipinski definition) is 5. The molecule has 0 saturated carbocycles. The van der Waals surface area contributed by atoms with Crippen molar-refractivity contribution >= 4 is 56.6 Å². The highest BCUT2D eigenvalue weighted by atomic mass is 35.5. The molecule has 5 rings (SSSR count). The van der Waals surface area contributed by atoms with Crippen LogP contribution < -0.4 is 9.62 Å². The average molecular weight is 651 g/mol. The number of rotatable bonds is 8. The number of carbonyl (C=O) groups is 1. The fourth-order valence-corrected chi connectivity index (χ4v) is 7.93. The van der Waals surface area contributed by atoms with Crippen molar-refractivity contribution in [1.29, 1.82) is 0 Å². The summed E-state index contributed by atoms with van der Waals surface area (Å²) >= 11 is 18.9. The minimum atomic E-state index is -3.55. The predicted octanol–water partition coefficient (Wildman–Crippen LogP) is 7.33. The van der Waals surface area contributed by atoms with Crippen LogP contribution in [0.2, 0.25) is 15.1 Å². The molecule has 1 unspecified atom stereocenters. The first-order valence-electron chi connectivity index (χ1n) is 14.1. The van der Waals surface area contributed by atoms with Crippen molar-refractivity contribution in [2.24, 2.45) is 5.92 Å². The van der Waals surface area contributed by atoms with Crippen LogP contribution in [0.3, 0.4) is 0 Å². The topological polar surface area (TPSA) is 78.9 Å². The van der Waals surface area contributed by atoms with Crippen LogP contribution in [-0.2, 0) is 21.4 Å². The minimum Gasteiger partial charge on any atom is -0.445 e. The molecule has 0 spiro atoms. The maximum Gasteiger partial charge on any atom is 0.410 e. The Bertz CT molecular complexity index is 1470. The highest BCUT2D eigenvalue weighted by molar-refractivity contribution is 7.90. The van der Waals surface area contributed by atoms with Crippen LogP contribution in [-0.4, -0.2) is 50.8 Å². The van der Waals surface area contributed by atoms with Crippen LogP contribution in [0.5, 0.6) is 0 Å². The summed E-state index contributed by atoms with van der Waals surface area (Å²) in [6.45, 7) is 1.87. The Kier molecular flexibility index (Phi) is 10.2. The highest BCUT2D eigenvalue weighted by Crippen LogP contribution is 2.40. The Labute approximate surface area is 262 Å². The van der Waals surface area contributed by atoms with Gasteiger partial charge in [-0.2, -0.15) is 0 Å². The molecule has 224 valence electrons. The van der Waals surface area contributed by atoms with Gasteiger partial charge in [-0.15, -0.1) is 0 Å². The zero-order valence-electron chi connectivity index (χ0n) is 23.1. The van der Waals surface area contributed by atoms with E-state index >= 15 is 0 Å². The normalized spacial score (nSPS) is 20.0. The van der Waals surface area contributed by atoms with Gasteiger partial charge < -0.3 is 14.5 Å². The molecule has 0 aromatic heterocycles. The average Bonchev–Trinajstić information content (AvgIpc) is 3.00. The van der Waals surface area contributed by atoms with E-state index in [9.17, 15) is 13.2 Å². The fourth-order valence-electron chi connectivity index (χ4n) is 5.74. The largest absolute Gasteiger partial charge is 0.445 e. The number of nitrogens with one attached hydrogen (secondary N) is 1. The monoisotopic (exact) mass is 649 g/mol. The maximum atomic E-state index is 13.3. The van der Waals surface area contributed by atoms with E-state index in [1.807, 2.05) is 66.7 Å². The van der Waals surface area contributed by atoms with Gasteiger partial charge in [-0.1, -0.05) is 71.2 Å². The summed E-state index contributed by atoms with van der Waals surface area (Å²) in [7, 11) is -3.55. The number of anilines is 1. The number of amides is 1. The van der Waals surface area contributed by atoms with Crippen LogP contribution in [0.4, 0.5) is 10.5 Å². The Hall–Kier alpha value is -2.49. The maximum absolute atomic E-state index is 13.3. The molecule has 2 saturated heterocycles. The molecule has 2 fully saturated rings. The van der Waals surface area contributed by atoms with E-state index < -0.39 is 21.4 Å². The van der Waals surface area contributed by atoms with E-state index in [1.165, 1.54) is 0 Å². The molecule has 7 nitrogen and oxygen atoms in total. The van der Waals surface area contributed by atoms with Gasteiger partial charge in [0.2, 0.25) is 10.0 Å². The number of benzene rings is 3. The van der Waals surface area contributed by atoms with Crippen LogP contribution in [0, 0.1) is 5.92 Å². The van der Waals surface area contributed by atoms with Gasteiger partial charge in [0.25, 0.3) is 0 Å². The lowest BCUT2D eigenvalue weighted by Crippen LogP contribution is -2.48. The molecule has 2 aliphatic heterocycles. The third kappa shape index (κ3) is 7.71. The van der Waals surface area contributed by atoms with Crippen molar-refractivity contribution in [2.75, 3.05) is 31.1 Å². The Balaban J connectivity index is 1.17. The molecule has 3 aromatic carbocycles. The first-order valence-corrected chi connectivity index (χ1v) is 16.8. The summed E-state index contributed by atoms with van der Waals surface area (Å²) in [6, 6.07) is 22.7. The van der Waals surface area contributed by atoms with Gasteiger partial charge in [-0.05, 0) is 79.1 Å². The van der Waals surface area contributed by atoms with Crippen LogP contribution >= 0.6 is 34.8 Å². The number of piperidine rings is 2. The molecule has 2 heterocycles. The number of halogens is 3. The van der Waals surface area contributed by atoms with Crippen LogP contribution in [0.15, 0.2) is 72.8 Å². The van der Waals surface area contributed by atoms with E-state index in [0.29, 0.717) is 54.1 Å². The van der Waals surface area contributed by atoms with Crippen molar-refractivity contribution in [3.8, 4) is 0 Å². The van der Waals surface area contributed by atoms with E-state index in [-0.39, 0.29) is 18.6 Å². The van der Waals surface area contributed by atoms with Crippen molar-refractivity contribution < 1.29 is 17.9 Å². The quantitative estimate of drug-likeness (QED) is 0.276. The highest BCUT2D eigenvalue weighted by Gasteiger charge is 2.35. The zero-order chi connectivity index (χ0) is 29.7. The van der Waals surface area contributed by atoms with E-state index in [2.05, 4.69) is 9.62 Å². The van der Waals surface area contributed by atoms with Gasteiger partial charge in [0, 0.05) is 46.9 Å². The number of carbonyl (C=O) groups excluding carboxylic acids is 1. The number of sulfonamides is 1. The molecule has 11 heteroatoms. The van der Waals surface area contributed by atoms with Gasteiger partial charge in [0.1, 0.15) is 6.61 Å². The third-order valence-electron chi connectivity index (χ3n) is 8.08. The minimum absolute atomic E-state index is 0.0229. The van der Waals surface area contributed by atoms with Crippen LogP contribution in [0.1, 0.15) is 42.9 Å². The predicted molar refractivity (Wildman–Crippen MR) is 169 cm³/mol. The summed E-state index contributed by atoms with van der Waals surface area (Å²) in [6.07, 6.45) is 1.97. The van der Waals surface area contributed by atoms with Gasteiger partial charge >= 0.3 is 6.09 Å². The molecule has 2 atom stereocenters. The van der Waals surface area contributed by atoms with Gasteiger partial charge in [0.15, 0.2) is 0 Å². The first kappa shape index (κ1) is 31.0. The Morgan fingerprint density at radius 3 is 2.26 bits per heavy atom. The molecule has 2 aliphatic rings. The molecule has 0 radical (unpaired) electrons. The van der Waals surface area contributed by atoms with Crippen molar-refractivity contribution in [3.05, 3.63) is 99.0 Å². The molecular weight excluding hydrogens is 617 g/mol. The molecule has 0 aliphatic carbocycles. The molecule has 42 heavy (non-hydrogen) atoms. The summed E-state index contributed by atoms with van der Waals surface area (Å²) in [4.78, 5) is 16.4. The number of likely N-dealkylation sites (tertiary alicyclic amines) is 1. The van der Waals surface area contributed by atoms with Crippen LogP contribution in [0.25, 0.3) is 0 Å². The molecular formula is C31H34Cl3N3O4S. The lowest BCUT2D eigenvalue weighted by atomic mass is 9.88. The second kappa shape index (κ2) is 13.9. The van der Waals surface area contributed by atoms with Crippen molar-refractivity contribution in [2.45, 2.75) is 43.6 Å². The second-order valence-corrected chi connectivity index (χ2v) is 14.2. The van der Waals surface area contributed by atoms with Gasteiger partial charge in [-0.3, -0.25) is 0 Å². The third-order valence-corrected chi connectivity index (χ3v) is 10.8. The van der Waals surface area contributed by atoms with Crippen molar-refractivity contribution in [1.82, 2.24) is 9.62 Å². The Morgan fingerprint density at radius 2 is 1.57 bits per heavy atom. The standard InChI is InChI=1S/C31H34Cl3N3O4S/c32-24-7-10-26(11-8-24)37-20-23(6-13-30(37)28-12-9-25(33)18-29(28)34)19-35-42(39,40)27-14-16-36(17-15-27)31(38)41-21-22-4-2-1-3-5-22/h1-5,7-12,18,23,27,30,35H,6,13-17,19-21H2/t23-,30?/m0/s1. The Morgan fingerprint density at radius 1 is 0.881 bits per heavy atom.